The van der Waals surface area contributed by atoms with Crippen molar-refractivity contribution in [1.29, 1.82) is 0 Å². The number of hydrogen-bond acceptors (Lipinski definition) is 4. The van der Waals surface area contributed by atoms with Gasteiger partial charge in [-0.25, -0.2) is 4.98 Å². The number of halogens is 1. The van der Waals surface area contributed by atoms with Crippen molar-refractivity contribution in [3.63, 3.8) is 0 Å². The largest absolute Gasteiger partial charge is 0.397 e. The summed E-state index contributed by atoms with van der Waals surface area (Å²) in [5.74, 6) is 0.847. The summed E-state index contributed by atoms with van der Waals surface area (Å²) in [4.78, 5) is 18.1. The Hall–Kier alpha value is -0.940. The minimum Gasteiger partial charge on any atom is -0.397 e. The molecule has 98 valence electrons. The van der Waals surface area contributed by atoms with Gasteiger partial charge in [0.2, 0.25) is 0 Å². The summed E-state index contributed by atoms with van der Waals surface area (Å²) in [5.41, 5.74) is 6.49. The van der Waals surface area contributed by atoms with Crippen LogP contribution in [0.2, 0.25) is 5.15 Å². The Bertz CT molecular complexity index is 478. The van der Waals surface area contributed by atoms with Crippen LogP contribution in [0.1, 0.15) is 24.2 Å². The highest BCUT2D eigenvalue weighted by Crippen LogP contribution is 2.30. The van der Waals surface area contributed by atoms with E-state index in [1.54, 1.807) is 6.07 Å². The number of nitrogen functional groups attached to an aromatic ring is 1. The molecule has 0 saturated carbocycles. The molecular weight excluding hydrogens is 270 g/mol. The second-order valence-corrected chi connectivity index (χ2v) is 7.10. The van der Waals surface area contributed by atoms with E-state index in [0.717, 1.165) is 12.3 Å². The Morgan fingerprint density at radius 2 is 2.33 bits per heavy atom. The zero-order chi connectivity index (χ0) is 13.3. The normalized spacial score (nSPS) is 18.7. The summed E-state index contributed by atoms with van der Waals surface area (Å²) < 4.78 is 0.0775. The summed E-state index contributed by atoms with van der Waals surface area (Å²) in [7, 11) is 0. The van der Waals surface area contributed by atoms with Gasteiger partial charge in [0.25, 0.3) is 5.91 Å². The van der Waals surface area contributed by atoms with E-state index in [-0.39, 0.29) is 15.8 Å². The number of pyridine rings is 1. The maximum atomic E-state index is 12.4. The number of nitrogens with zero attached hydrogens (tertiary/aromatic N) is 2. The standard InChI is InChI=1S/C12H16ClN3OS/c1-12(2)7-16(3-4-18-12)11(17)9-5-8(14)6-15-10(9)13/h5-6H,3-4,7,14H2,1-2H3. The maximum absolute atomic E-state index is 12.4. The van der Waals surface area contributed by atoms with E-state index < -0.39 is 0 Å². The Kier molecular flexibility index (Phi) is 3.73. The van der Waals surface area contributed by atoms with Crippen LogP contribution in [0.15, 0.2) is 12.3 Å². The number of thioether (sulfide) groups is 1. The fraction of sp³-hybridized carbons (Fsp3) is 0.500. The number of carbonyl (C=O) groups excluding carboxylic acids is 1. The lowest BCUT2D eigenvalue weighted by molar-refractivity contribution is 0.0748. The van der Waals surface area contributed by atoms with E-state index in [2.05, 4.69) is 18.8 Å². The monoisotopic (exact) mass is 285 g/mol. The molecule has 2 heterocycles. The van der Waals surface area contributed by atoms with Crippen LogP contribution in [0.25, 0.3) is 0 Å². The zero-order valence-corrected chi connectivity index (χ0v) is 12.0. The van der Waals surface area contributed by atoms with E-state index in [9.17, 15) is 4.79 Å². The summed E-state index contributed by atoms with van der Waals surface area (Å²) >= 11 is 7.84. The number of rotatable bonds is 1. The molecule has 1 aliphatic rings. The van der Waals surface area contributed by atoms with Crippen LogP contribution >= 0.6 is 23.4 Å². The lowest BCUT2D eigenvalue weighted by Crippen LogP contribution is -2.46. The lowest BCUT2D eigenvalue weighted by Gasteiger charge is -2.37. The Balaban J connectivity index is 2.23. The minimum absolute atomic E-state index is 0.0775. The van der Waals surface area contributed by atoms with Crippen molar-refractivity contribution < 1.29 is 4.79 Å². The summed E-state index contributed by atoms with van der Waals surface area (Å²) in [6.07, 6.45) is 1.45. The van der Waals surface area contributed by atoms with Crippen molar-refractivity contribution in [3.8, 4) is 0 Å². The van der Waals surface area contributed by atoms with Gasteiger partial charge in [-0.15, -0.1) is 0 Å². The van der Waals surface area contributed by atoms with Gasteiger partial charge in [-0.2, -0.15) is 11.8 Å². The molecule has 4 nitrogen and oxygen atoms in total. The first-order valence-corrected chi connectivity index (χ1v) is 7.10. The van der Waals surface area contributed by atoms with Crippen LogP contribution in [0.5, 0.6) is 0 Å². The van der Waals surface area contributed by atoms with Gasteiger partial charge in [0.05, 0.1) is 17.4 Å². The molecule has 0 spiro atoms. The van der Waals surface area contributed by atoms with Gasteiger partial charge in [0.1, 0.15) is 5.15 Å². The molecule has 0 atom stereocenters. The van der Waals surface area contributed by atoms with Gasteiger partial charge in [0, 0.05) is 23.6 Å². The summed E-state index contributed by atoms with van der Waals surface area (Å²) in [6, 6.07) is 1.59. The average molecular weight is 286 g/mol. The predicted molar refractivity (Wildman–Crippen MR) is 76.1 cm³/mol. The van der Waals surface area contributed by atoms with Crippen molar-refractivity contribution in [3.05, 3.63) is 23.0 Å². The van der Waals surface area contributed by atoms with Gasteiger partial charge in [0.15, 0.2) is 0 Å². The number of anilines is 1. The highest BCUT2D eigenvalue weighted by Gasteiger charge is 2.31. The first-order chi connectivity index (χ1) is 8.39. The number of carbonyl (C=O) groups is 1. The van der Waals surface area contributed by atoms with Crippen molar-refractivity contribution in [2.75, 3.05) is 24.6 Å². The molecular formula is C12H16ClN3OS. The molecule has 1 saturated heterocycles. The SMILES string of the molecule is CC1(C)CN(C(=O)c2cc(N)cnc2Cl)CCS1. The molecule has 2 N–H and O–H groups in total. The molecule has 0 aliphatic carbocycles. The lowest BCUT2D eigenvalue weighted by atomic mass is 10.1. The van der Waals surface area contributed by atoms with E-state index in [4.69, 9.17) is 17.3 Å². The summed E-state index contributed by atoms with van der Waals surface area (Å²) in [6.45, 7) is 5.71. The first-order valence-electron chi connectivity index (χ1n) is 5.73. The maximum Gasteiger partial charge on any atom is 0.257 e. The second-order valence-electron chi connectivity index (χ2n) is 4.94. The number of amides is 1. The van der Waals surface area contributed by atoms with Crippen molar-refractivity contribution >= 4 is 35.0 Å². The topological polar surface area (TPSA) is 59.2 Å². The highest BCUT2D eigenvalue weighted by atomic mass is 35.5. The molecule has 1 aromatic rings. The second kappa shape index (κ2) is 4.97. The third-order valence-corrected chi connectivity index (χ3v) is 4.40. The van der Waals surface area contributed by atoms with Gasteiger partial charge >= 0.3 is 0 Å². The van der Waals surface area contributed by atoms with E-state index in [0.29, 0.717) is 17.8 Å². The number of aromatic nitrogens is 1. The third kappa shape index (κ3) is 2.90. The predicted octanol–water partition coefficient (Wildman–Crippen LogP) is 2.28. The van der Waals surface area contributed by atoms with Crippen LogP contribution in [-0.4, -0.2) is 39.4 Å². The zero-order valence-electron chi connectivity index (χ0n) is 10.4. The van der Waals surface area contributed by atoms with Crippen LogP contribution in [-0.2, 0) is 0 Å². The molecule has 6 heteroatoms. The molecule has 18 heavy (non-hydrogen) atoms. The van der Waals surface area contributed by atoms with E-state index in [1.807, 2.05) is 16.7 Å². The Morgan fingerprint density at radius 3 is 3.00 bits per heavy atom. The molecule has 1 aliphatic heterocycles. The van der Waals surface area contributed by atoms with Crippen LogP contribution in [0, 0.1) is 0 Å². The van der Waals surface area contributed by atoms with Gasteiger partial charge in [-0.05, 0) is 19.9 Å². The van der Waals surface area contributed by atoms with E-state index in [1.165, 1.54) is 6.20 Å². The quantitative estimate of drug-likeness (QED) is 0.804. The molecule has 0 radical (unpaired) electrons. The Morgan fingerprint density at radius 1 is 1.61 bits per heavy atom. The molecule has 1 aromatic heterocycles. The molecule has 0 bridgehead atoms. The molecule has 0 aromatic carbocycles. The third-order valence-electron chi connectivity index (χ3n) is 2.80. The molecule has 1 amide bonds. The molecule has 2 rings (SSSR count). The van der Waals surface area contributed by atoms with Crippen molar-refractivity contribution in [2.24, 2.45) is 0 Å². The highest BCUT2D eigenvalue weighted by molar-refractivity contribution is 8.00. The van der Waals surface area contributed by atoms with Crippen molar-refractivity contribution in [2.45, 2.75) is 18.6 Å². The van der Waals surface area contributed by atoms with Crippen molar-refractivity contribution in [1.82, 2.24) is 9.88 Å². The Labute approximate surface area is 116 Å². The molecule has 0 unspecified atom stereocenters. The minimum atomic E-state index is -0.0897. The average Bonchev–Trinajstić information content (AvgIpc) is 2.30. The van der Waals surface area contributed by atoms with Gasteiger partial charge in [-0.3, -0.25) is 4.79 Å². The van der Waals surface area contributed by atoms with Crippen LogP contribution in [0.3, 0.4) is 0 Å². The fourth-order valence-corrected chi connectivity index (χ4v) is 3.27. The van der Waals surface area contributed by atoms with Gasteiger partial charge in [-0.1, -0.05) is 11.6 Å². The van der Waals surface area contributed by atoms with E-state index >= 15 is 0 Å². The van der Waals surface area contributed by atoms with Crippen LogP contribution in [0.4, 0.5) is 5.69 Å². The molecule has 1 fully saturated rings. The fourth-order valence-electron chi connectivity index (χ4n) is 1.97. The number of nitrogens with two attached hydrogens (primary N) is 1. The van der Waals surface area contributed by atoms with Crippen LogP contribution < -0.4 is 5.73 Å². The number of hydrogen-bond donors (Lipinski definition) is 1. The smallest absolute Gasteiger partial charge is 0.257 e. The van der Waals surface area contributed by atoms with Gasteiger partial charge < -0.3 is 10.6 Å². The summed E-state index contributed by atoms with van der Waals surface area (Å²) in [5, 5.41) is 0.213. The first kappa shape index (κ1) is 13.5.